The smallest absolute Gasteiger partial charge is 0.151 e. The summed E-state index contributed by atoms with van der Waals surface area (Å²) in [4.78, 5) is 7.53. The summed E-state index contributed by atoms with van der Waals surface area (Å²) in [6.07, 6.45) is 3.22. The molecule has 0 aliphatic heterocycles. The van der Waals surface area contributed by atoms with Crippen molar-refractivity contribution in [3.63, 3.8) is 0 Å². The summed E-state index contributed by atoms with van der Waals surface area (Å²) in [6.45, 7) is 5.79. The van der Waals surface area contributed by atoms with E-state index in [0.29, 0.717) is 11.7 Å². The van der Waals surface area contributed by atoms with E-state index in [1.165, 1.54) is 0 Å². The maximum Gasteiger partial charge on any atom is 0.151 e. The number of imidazole rings is 1. The topological polar surface area (TPSA) is 60.9 Å². The van der Waals surface area contributed by atoms with Crippen LogP contribution in [0.4, 0.5) is 0 Å². The van der Waals surface area contributed by atoms with Crippen molar-refractivity contribution in [1.82, 2.24) is 15.3 Å². The lowest BCUT2D eigenvalue weighted by molar-refractivity contribution is 0.233. The van der Waals surface area contributed by atoms with Gasteiger partial charge in [0, 0.05) is 26.1 Å². The van der Waals surface area contributed by atoms with Crippen molar-refractivity contribution < 1.29 is 5.11 Å². The molecular weight excluding hydrogens is 238 g/mol. The lowest BCUT2D eigenvalue weighted by Gasteiger charge is -2.08. The van der Waals surface area contributed by atoms with Crippen LogP contribution >= 0.6 is 11.6 Å². The van der Waals surface area contributed by atoms with Gasteiger partial charge >= 0.3 is 0 Å². The highest BCUT2D eigenvalue weighted by Gasteiger charge is 2.08. The number of unbranched alkanes of at least 4 members (excludes halogenated alkanes) is 1. The van der Waals surface area contributed by atoms with E-state index in [1.807, 2.05) is 6.92 Å². The van der Waals surface area contributed by atoms with Gasteiger partial charge in [-0.1, -0.05) is 31.9 Å². The average molecular weight is 260 g/mol. The monoisotopic (exact) mass is 259 g/mol. The summed E-state index contributed by atoms with van der Waals surface area (Å²) < 4.78 is 0. The van der Waals surface area contributed by atoms with Crippen LogP contribution in [0.3, 0.4) is 0 Å². The Balaban J connectivity index is 2.39. The molecule has 5 heteroatoms. The molecule has 1 heterocycles. The Labute approximate surface area is 108 Å². The van der Waals surface area contributed by atoms with Crippen LogP contribution in [0, 0.1) is 5.92 Å². The van der Waals surface area contributed by atoms with Gasteiger partial charge in [-0.3, -0.25) is 0 Å². The third kappa shape index (κ3) is 5.06. The van der Waals surface area contributed by atoms with E-state index in [2.05, 4.69) is 22.2 Å². The number of H-pyrrole nitrogens is 1. The number of halogens is 1. The Morgan fingerprint density at radius 3 is 2.94 bits per heavy atom. The molecule has 0 bridgehead atoms. The Kier molecular flexibility index (Phi) is 6.55. The van der Waals surface area contributed by atoms with E-state index < -0.39 is 0 Å². The predicted molar refractivity (Wildman–Crippen MR) is 70.2 cm³/mol. The molecule has 0 aliphatic carbocycles. The maximum absolute atomic E-state index is 8.90. The van der Waals surface area contributed by atoms with Crippen LogP contribution in [-0.4, -0.2) is 28.2 Å². The van der Waals surface area contributed by atoms with Gasteiger partial charge in [-0.2, -0.15) is 0 Å². The average Bonchev–Trinajstić information content (AvgIpc) is 2.67. The zero-order valence-electron chi connectivity index (χ0n) is 10.6. The van der Waals surface area contributed by atoms with Crippen molar-refractivity contribution in [3.8, 4) is 0 Å². The molecular formula is C12H22ClN3O. The molecule has 1 rings (SSSR count). The molecule has 0 spiro atoms. The maximum atomic E-state index is 8.90. The predicted octanol–water partition coefficient (Wildman–Crippen LogP) is 2.12. The molecule has 1 aromatic rings. The Hall–Kier alpha value is -0.580. The highest BCUT2D eigenvalue weighted by Crippen LogP contribution is 2.13. The number of hydrogen-bond donors (Lipinski definition) is 3. The van der Waals surface area contributed by atoms with Crippen LogP contribution < -0.4 is 5.32 Å². The van der Waals surface area contributed by atoms with Gasteiger partial charge in [-0.05, 0) is 12.3 Å². The summed E-state index contributed by atoms with van der Waals surface area (Å²) in [5, 5.41) is 12.7. The summed E-state index contributed by atoms with van der Waals surface area (Å²) >= 11 is 6.04. The molecule has 1 aromatic heterocycles. The quantitative estimate of drug-likeness (QED) is 0.670. The second kappa shape index (κ2) is 7.69. The van der Waals surface area contributed by atoms with Crippen LogP contribution in [0.1, 0.15) is 38.2 Å². The first kappa shape index (κ1) is 14.5. The van der Waals surface area contributed by atoms with Crippen LogP contribution in [0.5, 0.6) is 0 Å². The van der Waals surface area contributed by atoms with Gasteiger partial charge in [0.05, 0.1) is 5.69 Å². The highest BCUT2D eigenvalue weighted by atomic mass is 35.5. The van der Waals surface area contributed by atoms with Crippen LogP contribution in [0.25, 0.3) is 0 Å². The SMILES string of the molecule is CCCCc1nc(Cl)c(CNCC(C)CO)[nH]1. The van der Waals surface area contributed by atoms with Gasteiger partial charge in [0.2, 0.25) is 0 Å². The van der Waals surface area contributed by atoms with Crippen molar-refractivity contribution in [2.45, 2.75) is 39.7 Å². The summed E-state index contributed by atoms with van der Waals surface area (Å²) in [6, 6.07) is 0. The lowest BCUT2D eigenvalue weighted by Crippen LogP contribution is -2.23. The van der Waals surface area contributed by atoms with E-state index in [0.717, 1.165) is 37.3 Å². The van der Waals surface area contributed by atoms with Gasteiger partial charge in [0.15, 0.2) is 5.15 Å². The molecule has 0 aliphatic rings. The third-order valence-electron chi connectivity index (χ3n) is 2.65. The number of rotatable bonds is 8. The van der Waals surface area contributed by atoms with E-state index in [-0.39, 0.29) is 12.5 Å². The number of aromatic amines is 1. The molecule has 3 N–H and O–H groups in total. The zero-order valence-corrected chi connectivity index (χ0v) is 11.3. The number of nitrogens with one attached hydrogen (secondary N) is 2. The minimum absolute atomic E-state index is 0.200. The first-order valence-corrected chi connectivity index (χ1v) is 6.60. The van der Waals surface area contributed by atoms with Gasteiger partial charge in [-0.25, -0.2) is 4.98 Å². The normalized spacial score (nSPS) is 12.9. The highest BCUT2D eigenvalue weighted by molar-refractivity contribution is 6.30. The van der Waals surface area contributed by atoms with Crippen molar-refractivity contribution >= 4 is 11.6 Å². The minimum atomic E-state index is 0.200. The van der Waals surface area contributed by atoms with E-state index in [4.69, 9.17) is 16.7 Å². The van der Waals surface area contributed by atoms with Gasteiger partial charge in [0.1, 0.15) is 5.82 Å². The Morgan fingerprint density at radius 1 is 1.53 bits per heavy atom. The Bertz CT molecular complexity index is 328. The number of nitrogens with zero attached hydrogens (tertiary/aromatic N) is 1. The molecule has 0 amide bonds. The molecule has 0 fully saturated rings. The fraction of sp³-hybridized carbons (Fsp3) is 0.750. The number of aryl methyl sites for hydroxylation is 1. The molecule has 1 unspecified atom stereocenters. The second-order valence-corrected chi connectivity index (χ2v) is 4.83. The molecule has 0 saturated heterocycles. The van der Waals surface area contributed by atoms with Crippen molar-refractivity contribution in [3.05, 3.63) is 16.7 Å². The van der Waals surface area contributed by atoms with Crippen molar-refractivity contribution in [2.24, 2.45) is 5.92 Å². The second-order valence-electron chi connectivity index (χ2n) is 4.48. The molecule has 1 atom stereocenters. The van der Waals surface area contributed by atoms with Gasteiger partial charge in [-0.15, -0.1) is 0 Å². The van der Waals surface area contributed by atoms with E-state index in [1.54, 1.807) is 0 Å². The van der Waals surface area contributed by atoms with Crippen LogP contribution in [0.2, 0.25) is 5.15 Å². The van der Waals surface area contributed by atoms with Crippen LogP contribution in [0.15, 0.2) is 0 Å². The number of aromatic nitrogens is 2. The minimum Gasteiger partial charge on any atom is -0.396 e. The van der Waals surface area contributed by atoms with Crippen molar-refractivity contribution in [1.29, 1.82) is 0 Å². The standard InChI is InChI=1S/C12H22ClN3O/c1-3-4-5-11-15-10(12(13)16-11)7-14-6-9(2)8-17/h9,14,17H,3-8H2,1-2H3,(H,15,16). The zero-order chi connectivity index (χ0) is 12.7. The molecule has 0 aromatic carbocycles. The summed E-state index contributed by atoms with van der Waals surface area (Å²) in [7, 11) is 0. The first-order valence-electron chi connectivity index (χ1n) is 6.22. The summed E-state index contributed by atoms with van der Waals surface area (Å²) in [5.74, 6) is 1.22. The molecule has 0 radical (unpaired) electrons. The van der Waals surface area contributed by atoms with Gasteiger partial charge < -0.3 is 15.4 Å². The number of aliphatic hydroxyl groups is 1. The molecule has 0 saturated carbocycles. The van der Waals surface area contributed by atoms with E-state index >= 15 is 0 Å². The number of aliphatic hydroxyl groups excluding tert-OH is 1. The summed E-state index contributed by atoms with van der Waals surface area (Å²) in [5.41, 5.74) is 0.933. The largest absolute Gasteiger partial charge is 0.396 e. The molecule has 17 heavy (non-hydrogen) atoms. The Morgan fingerprint density at radius 2 is 2.29 bits per heavy atom. The van der Waals surface area contributed by atoms with Gasteiger partial charge in [0.25, 0.3) is 0 Å². The van der Waals surface area contributed by atoms with E-state index in [9.17, 15) is 0 Å². The van der Waals surface area contributed by atoms with Crippen LogP contribution in [-0.2, 0) is 13.0 Å². The van der Waals surface area contributed by atoms with Crippen molar-refractivity contribution in [2.75, 3.05) is 13.2 Å². The molecule has 98 valence electrons. The third-order valence-corrected chi connectivity index (χ3v) is 2.96. The fourth-order valence-corrected chi connectivity index (χ4v) is 1.74. The lowest BCUT2D eigenvalue weighted by atomic mass is 10.2. The number of hydrogen-bond acceptors (Lipinski definition) is 3. The first-order chi connectivity index (χ1) is 8.17. The fourth-order valence-electron chi connectivity index (χ4n) is 1.53. The molecule has 4 nitrogen and oxygen atoms in total.